The van der Waals surface area contributed by atoms with E-state index in [1.54, 1.807) is 6.07 Å². The third-order valence-corrected chi connectivity index (χ3v) is 3.69. The van der Waals surface area contributed by atoms with Crippen LogP contribution in [0.2, 0.25) is 5.02 Å². The monoisotopic (exact) mass is 279 g/mol. The summed E-state index contributed by atoms with van der Waals surface area (Å²) in [6, 6.07) is 4.73. The van der Waals surface area contributed by atoms with Gasteiger partial charge in [0, 0.05) is 0 Å². The molecule has 1 unspecified atom stereocenters. The molecular weight excluding hydrogens is 269 g/mol. The van der Waals surface area contributed by atoms with Crippen LogP contribution in [0.25, 0.3) is 0 Å². The van der Waals surface area contributed by atoms with Crippen LogP contribution in [0.3, 0.4) is 0 Å². The van der Waals surface area contributed by atoms with E-state index in [0.29, 0.717) is 5.69 Å². The van der Waals surface area contributed by atoms with Gasteiger partial charge in [-0.1, -0.05) is 17.7 Å². The van der Waals surface area contributed by atoms with Gasteiger partial charge < -0.3 is 5.32 Å². The van der Waals surface area contributed by atoms with Crippen molar-refractivity contribution in [2.45, 2.75) is 18.9 Å². The molecule has 3 rings (SSSR count). The molecule has 2 N–H and O–H groups in total. The summed E-state index contributed by atoms with van der Waals surface area (Å²) in [6.07, 6.45) is 3.17. The molecule has 19 heavy (non-hydrogen) atoms. The van der Waals surface area contributed by atoms with Crippen LogP contribution < -0.4 is 10.9 Å². The molecule has 2 aromatic rings. The maximum absolute atomic E-state index is 13.3. The zero-order chi connectivity index (χ0) is 13.4. The third-order valence-electron chi connectivity index (χ3n) is 3.31. The predicted octanol–water partition coefficient (Wildman–Crippen LogP) is 2.66. The molecule has 4 nitrogen and oxygen atoms in total. The van der Waals surface area contributed by atoms with Crippen molar-refractivity contribution in [1.29, 1.82) is 0 Å². The Morgan fingerprint density at radius 1 is 1.47 bits per heavy atom. The molecule has 0 fully saturated rings. The van der Waals surface area contributed by atoms with E-state index in [-0.39, 0.29) is 16.9 Å². The molecule has 1 aliphatic carbocycles. The second-order valence-electron chi connectivity index (χ2n) is 4.51. The summed E-state index contributed by atoms with van der Waals surface area (Å²) < 4.78 is 13.3. The van der Waals surface area contributed by atoms with Gasteiger partial charge in [-0.3, -0.25) is 4.79 Å². The van der Waals surface area contributed by atoms with Crippen LogP contribution in [0.4, 0.5) is 10.1 Å². The quantitative estimate of drug-likeness (QED) is 0.888. The number of benzene rings is 1. The lowest BCUT2D eigenvalue weighted by atomic mass is 10.1. The van der Waals surface area contributed by atoms with Gasteiger partial charge in [0.15, 0.2) is 0 Å². The van der Waals surface area contributed by atoms with Gasteiger partial charge in [0.25, 0.3) is 5.56 Å². The van der Waals surface area contributed by atoms with Crippen LogP contribution in [-0.2, 0) is 6.42 Å². The Hall–Kier alpha value is -1.88. The molecule has 6 heteroatoms. The third kappa shape index (κ3) is 2.21. The van der Waals surface area contributed by atoms with Gasteiger partial charge in [-0.25, -0.2) is 9.49 Å². The normalized spacial score (nSPS) is 17.3. The van der Waals surface area contributed by atoms with E-state index in [1.165, 1.54) is 18.3 Å². The van der Waals surface area contributed by atoms with Gasteiger partial charge >= 0.3 is 0 Å². The number of nitrogens with zero attached hydrogens (tertiary/aromatic N) is 1. The van der Waals surface area contributed by atoms with E-state index < -0.39 is 5.56 Å². The molecule has 1 atom stereocenters. The number of halogens is 2. The number of aryl methyl sites for hydroxylation is 1. The van der Waals surface area contributed by atoms with Crippen molar-refractivity contribution in [1.82, 2.24) is 10.2 Å². The maximum Gasteiger partial charge on any atom is 0.285 e. The molecule has 0 spiro atoms. The van der Waals surface area contributed by atoms with E-state index in [0.717, 1.165) is 24.0 Å². The largest absolute Gasteiger partial charge is 0.376 e. The van der Waals surface area contributed by atoms with Crippen LogP contribution >= 0.6 is 11.6 Å². The summed E-state index contributed by atoms with van der Waals surface area (Å²) >= 11 is 5.91. The first-order chi connectivity index (χ1) is 9.15. The van der Waals surface area contributed by atoms with Gasteiger partial charge in [0.05, 0.1) is 17.9 Å². The van der Waals surface area contributed by atoms with Crippen molar-refractivity contribution in [3.63, 3.8) is 0 Å². The number of fused-ring (bicyclic) bond motifs is 1. The van der Waals surface area contributed by atoms with Gasteiger partial charge in [-0.05, 0) is 36.1 Å². The van der Waals surface area contributed by atoms with Gasteiger partial charge in [-0.15, -0.1) is 0 Å². The highest BCUT2D eigenvalue weighted by Crippen LogP contribution is 2.35. The van der Waals surface area contributed by atoms with Crippen LogP contribution in [0, 0.1) is 5.82 Å². The first-order valence-corrected chi connectivity index (χ1v) is 6.31. The number of aromatic nitrogens is 2. The Kier molecular flexibility index (Phi) is 2.98. The molecule has 1 aliphatic rings. The maximum atomic E-state index is 13.3. The molecule has 1 aromatic heterocycles. The summed E-state index contributed by atoms with van der Waals surface area (Å²) in [6.45, 7) is 0. The van der Waals surface area contributed by atoms with Crippen molar-refractivity contribution >= 4 is 17.3 Å². The summed E-state index contributed by atoms with van der Waals surface area (Å²) in [5.41, 5.74) is 2.06. The Bertz CT molecular complexity index is 686. The standard InChI is InChI=1S/C13H11ClFN3O/c14-12-11(6-16-18-13(12)19)17-10-4-2-7-1-3-8(15)5-9(7)10/h1,3,5-6,10H,2,4H2,(H2,17,18,19). The summed E-state index contributed by atoms with van der Waals surface area (Å²) in [5, 5.41) is 9.18. The lowest BCUT2D eigenvalue weighted by Gasteiger charge is -2.15. The van der Waals surface area contributed by atoms with Gasteiger partial charge in [-0.2, -0.15) is 5.10 Å². The van der Waals surface area contributed by atoms with Gasteiger partial charge in [0.2, 0.25) is 0 Å². The highest BCUT2D eigenvalue weighted by atomic mass is 35.5. The fraction of sp³-hybridized carbons (Fsp3) is 0.231. The van der Waals surface area contributed by atoms with Crippen molar-refractivity contribution in [3.8, 4) is 0 Å². The Morgan fingerprint density at radius 2 is 2.32 bits per heavy atom. The number of aromatic amines is 1. The van der Waals surface area contributed by atoms with Crippen LogP contribution in [0.1, 0.15) is 23.6 Å². The second kappa shape index (κ2) is 4.66. The smallest absolute Gasteiger partial charge is 0.285 e. The number of hydrogen-bond acceptors (Lipinski definition) is 3. The average molecular weight is 280 g/mol. The first kappa shape index (κ1) is 12.2. The van der Waals surface area contributed by atoms with Crippen molar-refractivity contribution in [3.05, 3.63) is 56.7 Å². The summed E-state index contributed by atoms with van der Waals surface area (Å²) in [4.78, 5) is 11.4. The van der Waals surface area contributed by atoms with E-state index in [1.807, 2.05) is 0 Å². The van der Waals surface area contributed by atoms with Crippen LogP contribution in [-0.4, -0.2) is 10.2 Å². The van der Waals surface area contributed by atoms with Crippen molar-refractivity contribution < 1.29 is 4.39 Å². The van der Waals surface area contributed by atoms with E-state index in [9.17, 15) is 9.18 Å². The molecule has 0 aliphatic heterocycles. The Labute approximate surface area is 113 Å². The molecule has 0 saturated carbocycles. The highest BCUT2D eigenvalue weighted by Gasteiger charge is 2.23. The number of rotatable bonds is 2. The zero-order valence-corrected chi connectivity index (χ0v) is 10.7. The molecule has 0 saturated heterocycles. The highest BCUT2D eigenvalue weighted by molar-refractivity contribution is 6.32. The molecule has 0 amide bonds. The Balaban J connectivity index is 1.93. The summed E-state index contributed by atoms with van der Waals surface area (Å²) in [5.74, 6) is -0.261. The molecule has 1 aromatic carbocycles. The molecule has 0 radical (unpaired) electrons. The number of nitrogens with one attached hydrogen (secondary N) is 2. The minimum atomic E-state index is -0.441. The predicted molar refractivity (Wildman–Crippen MR) is 71.0 cm³/mol. The number of anilines is 1. The molecule has 1 heterocycles. The zero-order valence-electron chi connectivity index (χ0n) is 9.91. The van der Waals surface area contributed by atoms with E-state index in [2.05, 4.69) is 15.5 Å². The molecule has 98 valence electrons. The van der Waals surface area contributed by atoms with Crippen LogP contribution in [0.15, 0.2) is 29.2 Å². The van der Waals surface area contributed by atoms with Crippen molar-refractivity contribution in [2.24, 2.45) is 0 Å². The lowest BCUT2D eigenvalue weighted by Crippen LogP contribution is -2.14. The fourth-order valence-electron chi connectivity index (χ4n) is 2.39. The summed E-state index contributed by atoms with van der Waals surface area (Å²) in [7, 11) is 0. The SMILES string of the molecule is O=c1[nH]ncc(NC2CCc3ccc(F)cc32)c1Cl. The fourth-order valence-corrected chi connectivity index (χ4v) is 2.54. The number of hydrogen-bond donors (Lipinski definition) is 2. The second-order valence-corrected chi connectivity index (χ2v) is 4.88. The van der Waals surface area contributed by atoms with Gasteiger partial charge in [0.1, 0.15) is 10.8 Å². The van der Waals surface area contributed by atoms with E-state index in [4.69, 9.17) is 11.6 Å². The number of H-pyrrole nitrogens is 1. The van der Waals surface area contributed by atoms with Crippen molar-refractivity contribution in [2.75, 3.05) is 5.32 Å². The lowest BCUT2D eigenvalue weighted by molar-refractivity contribution is 0.624. The topological polar surface area (TPSA) is 57.8 Å². The average Bonchev–Trinajstić information content (AvgIpc) is 2.78. The first-order valence-electron chi connectivity index (χ1n) is 5.93. The minimum Gasteiger partial charge on any atom is -0.376 e. The van der Waals surface area contributed by atoms with E-state index >= 15 is 0 Å². The molecule has 0 bridgehead atoms. The Morgan fingerprint density at radius 3 is 3.16 bits per heavy atom. The minimum absolute atomic E-state index is 0.0493. The van der Waals surface area contributed by atoms with Crippen LogP contribution in [0.5, 0.6) is 0 Å². The molecular formula is C13H11ClFN3O.